The summed E-state index contributed by atoms with van der Waals surface area (Å²) in [6.45, 7) is 0.526. The highest BCUT2D eigenvalue weighted by Crippen LogP contribution is 2.36. The first kappa shape index (κ1) is 15.8. The summed E-state index contributed by atoms with van der Waals surface area (Å²) in [6.07, 6.45) is -1.48. The molecule has 1 heterocycles. The summed E-state index contributed by atoms with van der Waals surface area (Å²) in [7, 11) is 3.93. The summed E-state index contributed by atoms with van der Waals surface area (Å²) in [5, 5.41) is 2.97. The third-order valence-corrected chi connectivity index (χ3v) is 3.96. The van der Waals surface area contributed by atoms with Crippen LogP contribution in [-0.2, 0) is 6.18 Å². The molecule has 0 atom stereocenters. The van der Waals surface area contributed by atoms with Crippen molar-refractivity contribution in [3.05, 3.63) is 11.9 Å². The summed E-state index contributed by atoms with van der Waals surface area (Å²) in [6, 6.07) is 1.36. The van der Waals surface area contributed by atoms with Gasteiger partial charge in [0.25, 0.3) is 0 Å². The van der Waals surface area contributed by atoms with Gasteiger partial charge in [-0.05, 0) is 33.4 Å². The number of nitrogens with one attached hydrogen (secondary N) is 2. The van der Waals surface area contributed by atoms with Crippen molar-refractivity contribution < 1.29 is 13.2 Å². The van der Waals surface area contributed by atoms with Crippen LogP contribution in [0.4, 0.5) is 24.8 Å². The Kier molecular flexibility index (Phi) is 4.24. The van der Waals surface area contributed by atoms with Crippen LogP contribution in [0.15, 0.2) is 6.07 Å². The number of likely N-dealkylation sites (N-methyl/N-ethyl adjacent to an activating group) is 1. The Morgan fingerprint density at radius 1 is 1.29 bits per heavy atom. The van der Waals surface area contributed by atoms with Gasteiger partial charge in [-0.2, -0.15) is 13.2 Å². The molecular formula is C12H19F3N6. The van der Waals surface area contributed by atoms with Crippen molar-refractivity contribution in [3.63, 3.8) is 0 Å². The number of anilines is 2. The Bertz CT molecular complexity index is 498. The van der Waals surface area contributed by atoms with Crippen LogP contribution in [0.25, 0.3) is 0 Å². The lowest BCUT2D eigenvalue weighted by molar-refractivity contribution is -0.144. The monoisotopic (exact) mass is 304 g/mol. The van der Waals surface area contributed by atoms with Gasteiger partial charge in [0.15, 0.2) is 0 Å². The number of hydrogen-bond donors (Lipinski definition) is 3. The lowest BCUT2D eigenvalue weighted by Gasteiger charge is -2.47. The molecule has 0 spiro atoms. The van der Waals surface area contributed by atoms with Crippen LogP contribution >= 0.6 is 0 Å². The molecule has 0 radical (unpaired) electrons. The summed E-state index contributed by atoms with van der Waals surface area (Å²) in [5.74, 6) is 3.97. The van der Waals surface area contributed by atoms with Crippen LogP contribution in [0, 0.1) is 0 Å². The number of nitrogens with two attached hydrogens (primary N) is 1. The fraction of sp³-hybridized carbons (Fsp3) is 0.667. The molecule has 1 aromatic rings. The van der Waals surface area contributed by atoms with Crippen molar-refractivity contribution >= 4 is 11.6 Å². The van der Waals surface area contributed by atoms with E-state index in [0.717, 1.165) is 19.3 Å². The number of halogens is 3. The largest absolute Gasteiger partial charge is 0.451 e. The van der Waals surface area contributed by atoms with Crippen molar-refractivity contribution in [2.75, 3.05) is 31.4 Å². The molecule has 4 N–H and O–H groups in total. The average molecular weight is 304 g/mol. The Hall–Kier alpha value is -1.61. The number of aromatic nitrogens is 2. The van der Waals surface area contributed by atoms with Gasteiger partial charge in [0, 0.05) is 18.2 Å². The predicted octanol–water partition coefficient (Wildman–Crippen LogP) is 1.68. The van der Waals surface area contributed by atoms with Crippen LogP contribution in [0.2, 0.25) is 0 Å². The van der Waals surface area contributed by atoms with E-state index in [9.17, 15) is 13.2 Å². The second-order valence-electron chi connectivity index (χ2n) is 5.43. The van der Waals surface area contributed by atoms with Crippen LogP contribution in [-0.4, -0.2) is 41.0 Å². The molecule has 1 aliphatic carbocycles. The number of alkyl halides is 3. The minimum atomic E-state index is -4.61. The number of hydrogen-bond acceptors (Lipinski definition) is 6. The van der Waals surface area contributed by atoms with Gasteiger partial charge in [0.1, 0.15) is 11.6 Å². The Balaban J connectivity index is 2.16. The first-order valence-corrected chi connectivity index (χ1v) is 6.61. The second kappa shape index (κ2) is 5.64. The Morgan fingerprint density at radius 3 is 2.33 bits per heavy atom. The molecule has 21 heavy (non-hydrogen) atoms. The van der Waals surface area contributed by atoms with Gasteiger partial charge in [0.05, 0.1) is 0 Å². The molecule has 0 bridgehead atoms. The maximum atomic E-state index is 12.7. The molecule has 0 unspecified atom stereocenters. The SMILES string of the molecule is CN(C)C1(CNc2cc(NN)nc(C(F)(F)F)n2)CCC1. The maximum absolute atomic E-state index is 12.7. The van der Waals surface area contributed by atoms with Crippen LogP contribution in [0.1, 0.15) is 25.1 Å². The molecule has 118 valence electrons. The molecule has 0 aromatic carbocycles. The van der Waals surface area contributed by atoms with E-state index < -0.39 is 12.0 Å². The van der Waals surface area contributed by atoms with Crippen LogP contribution < -0.4 is 16.6 Å². The zero-order chi connectivity index (χ0) is 15.7. The molecular weight excluding hydrogens is 285 g/mol. The third kappa shape index (κ3) is 3.35. The molecule has 1 saturated carbocycles. The molecule has 0 saturated heterocycles. The van der Waals surface area contributed by atoms with Crippen molar-refractivity contribution in [1.29, 1.82) is 0 Å². The van der Waals surface area contributed by atoms with Crippen molar-refractivity contribution in [2.45, 2.75) is 31.0 Å². The topological polar surface area (TPSA) is 79.1 Å². The molecule has 1 aliphatic rings. The van der Waals surface area contributed by atoms with E-state index in [1.165, 1.54) is 6.07 Å². The van der Waals surface area contributed by atoms with E-state index in [-0.39, 0.29) is 17.2 Å². The normalized spacial score (nSPS) is 17.5. The number of hydrazine groups is 1. The molecule has 2 rings (SSSR count). The van der Waals surface area contributed by atoms with Gasteiger partial charge < -0.3 is 15.6 Å². The van der Waals surface area contributed by atoms with Gasteiger partial charge in [0.2, 0.25) is 5.82 Å². The number of nitrogen functional groups attached to an aromatic ring is 1. The standard InChI is InChI=1S/C12H19F3N6/c1-21(2)11(4-3-5-11)7-17-8-6-9(20-16)19-10(18-8)12(13,14)15/h6H,3-5,7,16H2,1-2H3,(H2,17,18,19,20). The Morgan fingerprint density at radius 2 is 1.90 bits per heavy atom. The summed E-state index contributed by atoms with van der Waals surface area (Å²) < 4.78 is 38.2. The quantitative estimate of drug-likeness (QED) is 0.567. The van der Waals surface area contributed by atoms with E-state index >= 15 is 0 Å². The Labute approximate surface area is 120 Å². The highest BCUT2D eigenvalue weighted by molar-refractivity contribution is 5.47. The third-order valence-electron chi connectivity index (χ3n) is 3.96. The number of rotatable bonds is 5. The molecule has 1 fully saturated rings. The van der Waals surface area contributed by atoms with Crippen LogP contribution in [0.5, 0.6) is 0 Å². The lowest BCUT2D eigenvalue weighted by atomic mass is 9.75. The molecule has 6 nitrogen and oxygen atoms in total. The minimum absolute atomic E-state index is 0.0281. The average Bonchev–Trinajstić information content (AvgIpc) is 2.35. The summed E-state index contributed by atoms with van der Waals surface area (Å²) in [4.78, 5) is 8.92. The van der Waals surface area contributed by atoms with Gasteiger partial charge in [-0.25, -0.2) is 15.8 Å². The highest BCUT2D eigenvalue weighted by atomic mass is 19.4. The molecule has 0 amide bonds. The fourth-order valence-electron chi connectivity index (χ4n) is 2.36. The lowest BCUT2D eigenvalue weighted by Crippen LogP contribution is -2.54. The van der Waals surface area contributed by atoms with E-state index in [4.69, 9.17) is 5.84 Å². The smallest absolute Gasteiger partial charge is 0.368 e. The van der Waals surface area contributed by atoms with E-state index in [1.807, 2.05) is 14.1 Å². The van der Waals surface area contributed by atoms with E-state index in [2.05, 4.69) is 25.6 Å². The fourth-order valence-corrected chi connectivity index (χ4v) is 2.36. The highest BCUT2D eigenvalue weighted by Gasteiger charge is 2.39. The number of nitrogens with zero attached hydrogens (tertiary/aromatic N) is 3. The van der Waals surface area contributed by atoms with Gasteiger partial charge in [-0.3, -0.25) is 0 Å². The van der Waals surface area contributed by atoms with Crippen molar-refractivity contribution in [1.82, 2.24) is 14.9 Å². The second-order valence-corrected chi connectivity index (χ2v) is 5.43. The van der Waals surface area contributed by atoms with E-state index in [0.29, 0.717) is 6.54 Å². The summed E-state index contributed by atoms with van der Waals surface area (Å²) in [5.41, 5.74) is 2.10. The van der Waals surface area contributed by atoms with Gasteiger partial charge >= 0.3 is 6.18 Å². The first-order valence-electron chi connectivity index (χ1n) is 6.61. The molecule has 9 heteroatoms. The predicted molar refractivity (Wildman–Crippen MR) is 73.6 cm³/mol. The van der Waals surface area contributed by atoms with Gasteiger partial charge in [-0.15, -0.1) is 0 Å². The molecule has 1 aromatic heterocycles. The first-order chi connectivity index (χ1) is 9.77. The molecule has 0 aliphatic heterocycles. The van der Waals surface area contributed by atoms with E-state index in [1.54, 1.807) is 0 Å². The zero-order valence-electron chi connectivity index (χ0n) is 12.0. The van der Waals surface area contributed by atoms with Gasteiger partial charge in [-0.1, -0.05) is 0 Å². The van der Waals surface area contributed by atoms with Crippen molar-refractivity contribution in [3.8, 4) is 0 Å². The summed E-state index contributed by atoms with van der Waals surface area (Å²) >= 11 is 0. The van der Waals surface area contributed by atoms with Crippen molar-refractivity contribution in [2.24, 2.45) is 5.84 Å². The minimum Gasteiger partial charge on any atom is -0.368 e. The zero-order valence-corrected chi connectivity index (χ0v) is 12.0. The van der Waals surface area contributed by atoms with Crippen LogP contribution in [0.3, 0.4) is 0 Å². The maximum Gasteiger partial charge on any atom is 0.451 e.